The van der Waals surface area contributed by atoms with Gasteiger partial charge in [-0.2, -0.15) is 0 Å². The Balaban J connectivity index is 2.42. The lowest BCUT2D eigenvalue weighted by molar-refractivity contribution is 0.0697. The van der Waals surface area contributed by atoms with Gasteiger partial charge in [-0.25, -0.2) is 9.78 Å². The summed E-state index contributed by atoms with van der Waals surface area (Å²) in [7, 11) is 0. The molecule has 0 aliphatic heterocycles. The van der Waals surface area contributed by atoms with Crippen molar-refractivity contribution in [1.29, 1.82) is 0 Å². The Morgan fingerprint density at radius 2 is 2.00 bits per heavy atom. The first-order chi connectivity index (χ1) is 8.11. The molecule has 88 valence electrons. The number of aromatic nitrogens is 2. The van der Waals surface area contributed by atoms with Crippen molar-refractivity contribution >= 4 is 5.97 Å². The van der Waals surface area contributed by atoms with Crippen molar-refractivity contribution in [2.45, 2.75) is 20.3 Å². The molecule has 0 aliphatic rings. The van der Waals surface area contributed by atoms with Crippen LogP contribution in [0, 0.1) is 6.92 Å². The van der Waals surface area contributed by atoms with E-state index in [9.17, 15) is 4.79 Å². The summed E-state index contributed by atoms with van der Waals surface area (Å²) >= 11 is 0. The largest absolute Gasteiger partial charge is 0.478 e. The molecule has 4 heteroatoms. The van der Waals surface area contributed by atoms with Crippen LogP contribution >= 0.6 is 0 Å². The van der Waals surface area contributed by atoms with Gasteiger partial charge in [0.2, 0.25) is 0 Å². The van der Waals surface area contributed by atoms with Gasteiger partial charge in [0.1, 0.15) is 5.82 Å². The molecule has 0 atom stereocenters. The highest BCUT2D eigenvalue weighted by Crippen LogP contribution is 2.22. The molecule has 0 spiro atoms. The fourth-order valence-electron chi connectivity index (χ4n) is 1.81. The predicted octanol–water partition coefficient (Wildman–Crippen LogP) is 2.65. The number of carboxylic acid groups (broad SMARTS) is 1. The third-order valence-corrected chi connectivity index (χ3v) is 2.66. The SMILES string of the molecule is CCc1[nH]c(C)nc1-c1ccc(C(=O)O)cc1. The number of aromatic carboxylic acids is 1. The van der Waals surface area contributed by atoms with Gasteiger partial charge in [-0.1, -0.05) is 19.1 Å². The number of rotatable bonds is 3. The summed E-state index contributed by atoms with van der Waals surface area (Å²) in [5.41, 5.74) is 3.21. The summed E-state index contributed by atoms with van der Waals surface area (Å²) in [5.74, 6) is -0.0374. The zero-order valence-corrected chi connectivity index (χ0v) is 9.82. The number of aromatic amines is 1. The molecule has 0 radical (unpaired) electrons. The second kappa shape index (κ2) is 4.41. The minimum Gasteiger partial charge on any atom is -0.478 e. The molecule has 1 aromatic carbocycles. The molecule has 17 heavy (non-hydrogen) atoms. The third-order valence-electron chi connectivity index (χ3n) is 2.66. The molecule has 0 amide bonds. The van der Waals surface area contributed by atoms with Crippen LogP contribution in [0.4, 0.5) is 0 Å². The molecule has 2 rings (SSSR count). The van der Waals surface area contributed by atoms with Gasteiger partial charge in [-0.05, 0) is 25.5 Å². The van der Waals surface area contributed by atoms with E-state index in [4.69, 9.17) is 5.11 Å². The molecule has 2 aromatic rings. The number of hydrogen-bond donors (Lipinski definition) is 2. The lowest BCUT2D eigenvalue weighted by atomic mass is 10.1. The van der Waals surface area contributed by atoms with Crippen LogP contribution in [0.5, 0.6) is 0 Å². The van der Waals surface area contributed by atoms with Crippen LogP contribution in [0.3, 0.4) is 0 Å². The van der Waals surface area contributed by atoms with Gasteiger partial charge in [0.15, 0.2) is 0 Å². The molecule has 0 saturated heterocycles. The van der Waals surface area contributed by atoms with E-state index in [1.807, 2.05) is 6.92 Å². The summed E-state index contributed by atoms with van der Waals surface area (Å²) in [6.07, 6.45) is 0.872. The highest BCUT2D eigenvalue weighted by atomic mass is 16.4. The quantitative estimate of drug-likeness (QED) is 0.851. The number of nitrogens with zero attached hydrogens (tertiary/aromatic N) is 1. The molecule has 0 aliphatic carbocycles. The van der Waals surface area contributed by atoms with Gasteiger partial charge in [0.05, 0.1) is 11.3 Å². The van der Waals surface area contributed by atoms with Crippen LogP contribution in [0.15, 0.2) is 24.3 Å². The number of imidazole rings is 1. The van der Waals surface area contributed by atoms with Crippen LogP contribution in [-0.4, -0.2) is 21.0 Å². The zero-order chi connectivity index (χ0) is 12.4. The van der Waals surface area contributed by atoms with Crippen molar-refractivity contribution in [1.82, 2.24) is 9.97 Å². The summed E-state index contributed by atoms with van der Waals surface area (Å²) in [6, 6.07) is 6.78. The lowest BCUT2D eigenvalue weighted by Crippen LogP contribution is -1.95. The maximum Gasteiger partial charge on any atom is 0.335 e. The number of H-pyrrole nitrogens is 1. The highest BCUT2D eigenvalue weighted by molar-refractivity contribution is 5.88. The van der Waals surface area contributed by atoms with Crippen molar-refractivity contribution in [3.05, 3.63) is 41.3 Å². The second-order valence-corrected chi connectivity index (χ2v) is 3.89. The van der Waals surface area contributed by atoms with Crippen LogP contribution in [0.2, 0.25) is 0 Å². The van der Waals surface area contributed by atoms with Gasteiger partial charge < -0.3 is 10.1 Å². The van der Waals surface area contributed by atoms with Gasteiger partial charge in [0, 0.05) is 11.3 Å². The van der Waals surface area contributed by atoms with Gasteiger partial charge >= 0.3 is 5.97 Å². The van der Waals surface area contributed by atoms with Crippen molar-refractivity contribution in [2.75, 3.05) is 0 Å². The fourth-order valence-corrected chi connectivity index (χ4v) is 1.81. The standard InChI is InChI=1S/C13H14N2O2/c1-3-11-12(15-8(2)14-11)9-4-6-10(7-5-9)13(16)17/h4-7H,3H2,1-2H3,(H,14,15)(H,16,17). The second-order valence-electron chi connectivity index (χ2n) is 3.89. The average Bonchev–Trinajstić information content (AvgIpc) is 2.70. The Morgan fingerprint density at radius 3 is 2.53 bits per heavy atom. The Hall–Kier alpha value is -2.10. The van der Waals surface area contributed by atoms with E-state index >= 15 is 0 Å². The fraction of sp³-hybridized carbons (Fsp3) is 0.231. The van der Waals surface area contributed by atoms with Crippen LogP contribution in [0.1, 0.15) is 28.8 Å². The van der Waals surface area contributed by atoms with Crippen molar-refractivity contribution in [2.24, 2.45) is 0 Å². The molecule has 0 saturated carbocycles. The summed E-state index contributed by atoms with van der Waals surface area (Å²) in [6.45, 7) is 3.97. The Morgan fingerprint density at radius 1 is 1.35 bits per heavy atom. The first kappa shape index (κ1) is 11.4. The topological polar surface area (TPSA) is 66.0 Å². The van der Waals surface area contributed by atoms with E-state index in [0.717, 1.165) is 29.2 Å². The van der Waals surface area contributed by atoms with Crippen LogP contribution in [-0.2, 0) is 6.42 Å². The molecular weight excluding hydrogens is 216 g/mol. The van der Waals surface area contributed by atoms with E-state index in [2.05, 4.69) is 16.9 Å². The van der Waals surface area contributed by atoms with Crippen molar-refractivity contribution in [3.63, 3.8) is 0 Å². The normalized spacial score (nSPS) is 10.5. The van der Waals surface area contributed by atoms with E-state index in [1.54, 1.807) is 24.3 Å². The van der Waals surface area contributed by atoms with Crippen molar-refractivity contribution in [3.8, 4) is 11.3 Å². The molecule has 0 bridgehead atoms. The van der Waals surface area contributed by atoms with Crippen LogP contribution < -0.4 is 0 Å². The Labute approximate surface area is 99.3 Å². The minimum absolute atomic E-state index is 0.291. The lowest BCUT2D eigenvalue weighted by Gasteiger charge is -2.01. The monoisotopic (exact) mass is 230 g/mol. The zero-order valence-electron chi connectivity index (χ0n) is 9.82. The third kappa shape index (κ3) is 2.20. The summed E-state index contributed by atoms with van der Waals surface area (Å²) in [4.78, 5) is 18.4. The molecular formula is C13H14N2O2. The number of hydrogen-bond acceptors (Lipinski definition) is 2. The summed E-state index contributed by atoms with van der Waals surface area (Å²) < 4.78 is 0. The highest BCUT2D eigenvalue weighted by Gasteiger charge is 2.09. The maximum absolute atomic E-state index is 10.8. The predicted molar refractivity (Wildman–Crippen MR) is 65.1 cm³/mol. The first-order valence-corrected chi connectivity index (χ1v) is 5.51. The molecule has 1 heterocycles. The average molecular weight is 230 g/mol. The molecule has 0 unspecified atom stereocenters. The molecule has 2 N–H and O–H groups in total. The van der Waals surface area contributed by atoms with Gasteiger partial charge in [-0.15, -0.1) is 0 Å². The van der Waals surface area contributed by atoms with E-state index in [1.165, 1.54) is 0 Å². The number of carbonyl (C=O) groups is 1. The van der Waals surface area contributed by atoms with Gasteiger partial charge in [0.25, 0.3) is 0 Å². The summed E-state index contributed by atoms with van der Waals surface area (Å²) in [5, 5.41) is 8.83. The Kier molecular flexibility index (Phi) is 2.95. The Bertz CT molecular complexity index is 541. The molecule has 0 fully saturated rings. The first-order valence-electron chi connectivity index (χ1n) is 5.51. The van der Waals surface area contributed by atoms with Gasteiger partial charge in [-0.3, -0.25) is 0 Å². The smallest absolute Gasteiger partial charge is 0.335 e. The van der Waals surface area contributed by atoms with Crippen LogP contribution in [0.25, 0.3) is 11.3 Å². The van der Waals surface area contributed by atoms with E-state index in [-0.39, 0.29) is 0 Å². The number of nitrogens with one attached hydrogen (secondary N) is 1. The van der Waals surface area contributed by atoms with E-state index < -0.39 is 5.97 Å². The maximum atomic E-state index is 10.8. The minimum atomic E-state index is -0.912. The number of carboxylic acids is 1. The van der Waals surface area contributed by atoms with Crippen molar-refractivity contribution < 1.29 is 9.90 Å². The molecule has 1 aromatic heterocycles. The number of aryl methyl sites for hydroxylation is 2. The number of benzene rings is 1. The van der Waals surface area contributed by atoms with E-state index in [0.29, 0.717) is 5.56 Å². The molecule has 4 nitrogen and oxygen atoms in total.